The molecular weight excluding hydrogens is 152 g/mol. The molecule has 0 rings (SSSR count). The van der Waals surface area contributed by atoms with Crippen molar-refractivity contribution in [2.75, 3.05) is 12.8 Å². The van der Waals surface area contributed by atoms with E-state index in [0.717, 1.165) is 6.26 Å². The summed E-state index contributed by atoms with van der Waals surface area (Å²) in [4.78, 5) is 0. The predicted molar refractivity (Wildman–Crippen MR) is 37.6 cm³/mol. The van der Waals surface area contributed by atoms with E-state index in [-0.39, 0.29) is 12.5 Å². The van der Waals surface area contributed by atoms with Gasteiger partial charge in [0, 0.05) is 6.54 Å². The first kappa shape index (κ1) is 9.40. The minimum Gasteiger partial charge on any atom is -0.214 e. The van der Waals surface area contributed by atoms with Crippen molar-refractivity contribution in [3.05, 3.63) is 0 Å². The van der Waals surface area contributed by atoms with E-state index in [0.29, 0.717) is 0 Å². The van der Waals surface area contributed by atoms with E-state index in [1.54, 1.807) is 6.92 Å². The Labute approximate surface area is 60.9 Å². The molecule has 0 amide bonds. The molecule has 1 N–H and O–H groups in total. The van der Waals surface area contributed by atoms with Crippen LogP contribution in [0.15, 0.2) is 0 Å². The molecule has 4 nitrogen and oxygen atoms in total. The highest BCUT2D eigenvalue weighted by atomic mass is 32.2. The van der Waals surface area contributed by atoms with Crippen molar-refractivity contribution >= 4 is 10.0 Å². The molecule has 1 unspecified atom stereocenters. The summed E-state index contributed by atoms with van der Waals surface area (Å²) < 4.78 is 23.1. The molecule has 0 aliphatic heterocycles. The molecule has 1 atom stereocenters. The van der Waals surface area contributed by atoms with Crippen LogP contribution in [-0.4, -0.2) is 21.2 Å². The molecule has 0 aliphatic rings. The second-order valence-corrected chi connectivity index (χ2v) is 3.98. The van der Waals surface area contributed by atoms with Crippen LogP contribution in [0.1, 0.15) is 6.92 Å². The van der Waals surface area contributed by atoms with Crippen molar-refractivity contribution in [3.63, 3.8) is 0 Å². The van der Waals surface area contributed by atoms with E-state index in [4.69, 9.17) is 5.26 Å². The van der Waals surface area contributed by atoms with Crippen LogP contribution in [0, 0.1) is 17.2 Å². The molecule has 0 spiro atoms. The molecule has 0 radical (unpaired) electrons. The van der Waals surface area contributed by atoms with Gasteiger partial charge in [-0.3, -0.25) is 0 Å². The van der Waals surface area contributed by atoms with Gasteiger partial charge in [-0.05, 0) is 6.92 Å². The maximum Gasteiger partial charge on any atom is 0.208 e. The fraction of sp³-hybridized carbons (Fsp3) is 0.800. The van der Waals surface area contributed by atoms with Crippen molar-refractivity contribution in [3.8, 4) is 6.07 Å². The monoisotopic (exact) mass is 162 g/mol. The zero-order chi connectivity index (χ0) is 8.20. The van der Waals surface area contributed by atoms with E-state index in [9.17, 15) is 8.42 Å². The zero-order valence-electron chi connectivity index (χ0n) is 5.96. The normalized spacial score (nSPS) is 14.1. The van der Waals surface area contributed by atoms with Crippen LogP contribution in [0.25, 0.3) is 0 Å². The van der Waals surface area contributed by atoms with Gasteiger partial charge in [0.25, 0.3) is 0 Å². The Bertz CT molecular complexity index is 227. The summed E-state index contributed by atoms with van der Waals surface area (Å²) in [5.41, 5.74) is 0. The average molecular weight is 162 g/mol. The Morgan fingerprint density at radius 3 is 2.50 bits per heavy atom. The molecule has 0 saturated heterocycles. The topological polar surface area (TPSA) is 70.0 Å². The first-order valence-electron chi connectivity index (χ1n) is 2.80. The number of nitrogens with one attached hydrogen (secondary N) is 1. The van der Waals surface area contributed by atoms with E-state index < -0.39 is 10.0 Å². The molecule has 0 aromatic carbocycles. The highest BCUT2D eigenvalue weighted by Gasteiger charge is 2.03. The van der Waals surface area contributed by atoms with Gasteiger partial charge < -0.3 is 0 Å². The van der Waals surface area contributed by atoms with Crippen LogP contribution in [0.4, 0.5) is 0 Å². The van der Waals surface area contributed by atoms with Gasteiger partial charge in [-0.1, -0.05) is 0 Å². The Kier molecular flexibility index (Phi) is 3.33. The van der Waals surface area contributed by atoms with Crippen LogP contribution in [0.5, 0.6) is 0 Å². The number of hydrogen-bond donors (Lipinski definition) is 1. The summed E-state index contributed by atoms with van der Waals surface area (Å²) in [6.07, 6.45) is 1.07. The maximum absolute atomic E-state index is 10.4. The van der Waals surface area contributed by atoms with E-state index >= 15 is 0 Å². The molecule has 0 aromatic heterocycles. The van der Waals surface area contributed by atoms with Crippen molar-refractivity contribution in [1.82, 2.24) is 4.72 Å². The quantitative estimate of drug-likeness (QED) is 0.619. The van der Waals surface area contributed by atoms with Gasteiger partial charge in [0.2, 0.25) is 10.0 Å². The standard InChI is InChI=1S/C5H10N2O2S/c1-5(3-6)4-7-10(2,8)9/h5,7H,4H2,1-2H3. The van der Waals surface area contributed by atoms with Gasteiger partial charge in [-0.15, -0.1) is 0 Å². The molecule has 58 valence electrons. The second-order valence-electron chi connectivity index (χ2n) is 2.15. The first-order chi connectivity index (χ1) is 4.45. The summed E-state index contributed by atoms with van der Waals surface area (Å²) in [6, 6.07) is 1.91. The number of nitriles is 1. The summed E-state index contributed by atoms with van der Waals surface area (Å²) in [5, 5.41) is 8.25. The van der Waals surface area contributed by atoms with Crippen LogP contribution >= 0.6 is 0 Å². The summed E-state index contributed by atoms with van der Waals surface area (Å²) in [7, 11) is -3.13. The van der Waals surface area contributed by atoms with Crippen molar-refractivity contribution in [2.45, 2.75) is 6.92 Å². The van der Waals surface area contributed by atoms with Crippen LogP contribution in [0.2, 0.25) is 0 Å². The molecular formula is C5H10N2O2S. The van der Waals surface area contributed by atoms with Crippen LogP contribution in [-0.2, 0) is 10.0 Å². The molecule has 0 bridgehead atoms. The van der Waals surface area contributed by atoms with Crippen molar-refractivity contribution in [2.24, 2.45) is 5.92 Å². The summed E-state index contributed by atoms with van der Waals surface area (Å²) >= 11 is 0. The number of rotatable bonds is 3. The minimum absolute atomic E-state index is 0.190. The third-order valence-corrected chi connectivity index (χ3v) is 1.56. The van der Waals surface area contributed by atoms with Crippen LogP contribution in [0.3, 0.4) is 0 Å². The SMILES string of the molecule is CC(C#N)CNS(C)(=O)=O. The highest BCUT2D eigenvalue weighted by molar-refractivity contribution is 7.88. The second kappa shape index (κ2) is 3.54. The average Bonchev–Trinajstić information content (AvgIpc) is 1.81. The van der Waals surface area contributed by atoms with E-state index in [1.165, 1.54) is 0 Å². The molecule has 0 fully saturated rings. The lowest BCUT2D eigenvalue weighted by atomic mass is 10.2. The lowest BCUT2D eigenvalue weighted by Gasteiger charge is -2.01. The molecule has 0 saturated carbocycles. The van der Waals surface area contributed by atoms with Crippen LogP contribution < -0.4 is 4.72 Å². The Morgan fingerprint density at radius 1 is 1.70 bits per heavy atom. The molecule has 10 heavy (non-hydrogen) atoms. The predicted octanol–water partition coefficient (Wildman–Crippen LogP) is -0.305. The number of nitrogens with zero attached hydrogens (tertiary/aromatic N) is 1. The summed E-state index contributed by atoms with van der Waals surface area (Å²) in [6.45, 7) is 1.84. The van der Waals surface area contributed by atoms with Gasteiger partial charge in [0.05, 0.1) is 18.2 Å². The van der Waals surface area contributed by atoms with Gasteiger partial charge in [-0.2, -0.15) is 5.26 Å². The lowest BCUT2D eigenvalue weighted by molar-refractivity contribution is 0.579. The Morgan fingerprint density at radius 2 is 2.20 bits per heavy atom. The fourth-order valence-electron chi connectivity index (χ4n) is 0.322. The molecule has 0 aliphatic carbocycles. The smallest absolute Gasteiger partial charge is 0.208 e. The molecule has 0 heterocycles. The van der Waals surface area contributed by atoms with Crippen molar-refractivity contribution in [1.29, 1.82) is 5.26 Å². The summed E-state index contributed by atoms with van der Waals surface area (Å²) in [5.74, 6) is -0.269. The fourth-order valence-corrected chi connectivity index (χ4v) is 0.875. The van der Waals surface area contributed by atoms with E-state index in [2.05, 4.69) is 4.72 Å². The Balaban J connectivity index is 3.70. The third-order valence-electron chi connectivity index (χ3n) is 0.872. The highest BCUT2D eigenvalue weighted by Crippen LogP contribution is 1.88. The largest absolute Gasteiger partial charge is 0.214 e. The first-order valence-corrected chi connectivity index (χ1v) is 4.69. The zero-order valence-corrected chi connectivity index (χ0v) is 6.77. The third kappa shape index (κ3) is 5.54. The van der Waals surface area contributed by atoms with Crippen molar-refractivity contribution < 1.29 is 8.42 Å². The lowest BCUT2D eigenvalue weighted by Crippen LogP contribution is -2.26. The molecule has 5 heteroatoms. The van der Waals surface area contributed by atoms with Gasteiger partial charge in [0.1, 0.15) is 0 Å². The Hall–Kier alpha value is -0.600. The van der Waals surface area contributed by atoms with Gasteiger partial charge in [0.15, 0.2) is 0 Å². The van der Waals surface area contributed by atoms with E-state index in [1.807, 2.05) is 6.07 Å². The minimum atomic E-state index is -3.13. The number of hydrogen-bond acceptors (Lipinski definition) is 3. The molecule has 0 aromatic rings. The maximum atomic E-state index is 10.4. The van der Waals surface area contributed by atoms with Gasteiger partial charge >= 0.3 is 0 Å². The number of sulfonamides is 1. The van der Waals surface area contributed by atoms with Gasteiger partial charge in [-0.25, -0.2) is 13.1 Å².